The Morgan fingerprint density at radius 1 is 1.57 bits per heavy atom. The molecule has 0 saturated carbocycles. The van der Waals surface area contributed by atoms with Crippen LogP contribution in [0, 0.1) is 0 Å². The third kappa shape index (κ3) is 2.88. The largest absolute Gasteiger partial charge is 0.497 e. The number of amides is 1. The van der Waals surface area contributed by atoms with Gasteiger partial charge in [0.2, 0.25) is 5.91 Å². The van der Waals surface area contributed by atoms with Crippen LogP contribution in [0.15, 0.2) is 35.3 Å². The molecule has 1 amide bonds. The summed E-state index contributed by atoms with van der Waals surface area (Å²) in [5, 5.41) is 2.64. The van der Waals surface area contributed by atoms with E-state index in [-0.39, 0.29) is 5.91 Å². The second-order valence-corrected chi connectivity index (χ2v) is 3.49. The second-order valence-electron chi connectivity index (χ2n) is 2.57. The number of benzene rings is 1. The van der Waals surface area contributed by atoms with Gasteiger partial charge in [0.25, 0.3) is 0 Å². The Kier molecular flexibility index (Phi) is 3.71. The minimum absolute atomic E-state index is 0.245. The molecule has 0 fully saturated rings. The minimum Gasteiger partial charge on any atom is -0.497 e. The van der Waals surface area contributed by atoms with E-state index in [0.717, 1.165) is 4.47 Å². The fourth-order valence-corrected chi connectivity index (χ4v) is 1.42. The number of nitrogens with one attached hydrogen (secondary N) is 1. The molecule has 0 saturated heterocycles. The summed E-state index contributed by atoms with van der Waals surface area (Å²) in [5.41, 5.74) is 0.668. The first kappa shape index (κ1) is 10.8. The molecule has 1 rings (SSSR count). The Morgan fingerprint density at radius 3 is 2.86 bits per heavy atom. The van der Waals surface area contributed by atoms with Crippen LogP contribution in [0.5, 0.6) is 5.75 Å². The smallest absolute Gasteiger partial charge is 0.247 e. The van der Waals surface area contributed by atoms with Crippen molar-refractivity contribution in [3.05, 3.63) is 35.3 Å². The summed E-state index contributed by atoms with van der Waals surface area (Å²) < 4.78 is 5.89. The Morgan fingerprint density at radius 2 is 2.29 bits per heavy atom. The van der Waals surface area contributed by atoms with Crippen molar-refractivity contribution in [2.75, 3.05) is 12.4 Å². The molecule has 1 N–H and O–H groups in total. The highest BCUT2D eigenvalue weighted by Gasteiger charge is 2.01. The Balaban J connectivity index is 2.91. The molecule has 4 heteroatoms. The number of carbonyl (C=O) groups excluding carboxylic acids is 1. The lowest BCUT2D eigenvalue weighted by molar-refractivity contribution is -0.111. The topological polar surface area (TPSA) is 38.3 Å². The maximum absolute atomic E-state index is 11.0. The van der Waals surface area contributed by atoms with Crippen LogP contribution in [0.25, 0.3) is 0 Å². The molecule has 14 heavy (non-hydrogen) atoms. The third-order valence-electron chi connectivity index (χ3n) is 1.56. The molecule has 0 aliphatic heterocycles. The second kappa shape index (κ2) is 4.81. The van der Waals surface area contributed by atoms with Gasteiger partial charge < -0.3 is 10.1 Å². The zero-order chi connectivity index (χ0) is 10.6. The first-order valence-corrected chi connectivity index (χ1v) is 4.73. The average Bonchev–Trinajstić information content (AvgIpc) is 2.16. The van der Waals surface area contributed by atoms with E-state index in [1.165, 1.54) is 6.08 Å². The van der Waals surface area contributed by atoms with Crippen molar-refractivity contribution in [1.29, 1.82) is 0 Å². The van der Waals surface area contributed by atoms with Gasteiger partial charge >= 0.3 is 0 Å². The van der Waals surface area contributed by atoms with Crippen molar-refractivity contribution >= 4 is 27.5 Å². The van der Waals surface area contributed by atoms with Crippen LogP contribution in [0.4, 0.5) is 5.69 Å². The van der Waals surface area contributed by atoms with Crippen LogP contribution in [0.2, 0.25) is 0 Å². The molecule has 0 heterocycles. The van der Waals surface area contributed by atoms with Crippen LogP contribution in [0.1, 0.15) is 0 Å². The lowest BCUT2D eigenvalue weighted by Gasteiger charge is -2.06. The normalized spacial score (nSPS) is 9.29. The first-order chi connectivity index (χ1) is 6.65. The van der Waals surface area contributed by atoms with Gasteiger partial charge in [-0.2, -0.15) is 0 Å². The van der Waals surface area contributed by atoms with Crippen LogP contribution in [0.3, 0.4) is 0 Å². The summed E-state index contributed by atoms with van der Waals surface area (Å²) in [6, 6.07) is 5.32. The number of hydrogen-bond acceptors (Lipinski definition) is 2. The zero-order valence-electron chi connectivity index (χ0n) is 7.71. The predicted molar refractivity (Wildman–Crippen MR) is 59.5 cm³/mol. The molecule has 0 radical (unpaired) electrons. The van der Waals surface area contributed by atoms with Crippen molar-refractivity contribution in [3.63, 3.8) is 0 Å². The minimum atomic E-state index is -0.245. The predicted octanol–water partition coefficient (Wildman–Crippen LogP) is 2.58. The first-order valence-electron chi connectivity index (χ1n) is 3.93. The lowest BCUT2D eigenvalue weighted by atomic mass is 10.3. The van der Waals surface area contributed by atoms with E-state index in [4.69, 9.17) is 4.74 Å². The molecular weight excluding hydrogens is 246 g/mol. The number of hydrogen-bond donors (Lipinski definition) is 1. The molecule has 0 aromatic heterocycles. The van der Waals surface area contributed by atoms with E-state index in [2.05, 4.69) is 27.8 Å². The Hall–Kier alpha value is -1.29. The van der Waals surface area contributed by atoms with Crippen molar-refractivity contribution in [1.82, 2.24) is 0 Å². The maximum atomic E-state index is 11.0. The van der Waals surface area contributed by atoms with Gasteiger partial charge in [-0.25, -0.2) is 0 Å². The molecule has 3 nitrogen and oxygen atoms in total. The Bertz CT molecular complexity index is 363. The van der Waals surface area contributed by atoms with E-state index in [1.54, 1.807) is 19.2 Å². The van der Waals surface area contributed by atoms with Crippen molar-refractivity contribution < 1.29 is 9.53 Å². The maximum Gasteiger partial charge on any atom is 0.247 e. The number of halogens is 1. The third-order valence-corrected chi connectivity index (χ3v) is 2.02. The van der Waals surface area contributed by atoms with E-state index >= 15 is 0 Å². The monoisotopic (exact) mass is 255 g/mol. The van der Waals surface area contributed by atoms with E-state index in [9.17, 15) is 4.79 Å². The van der Waals surface area contributed by atoms with Crippen LogP contribution in [-0.2, 0) is 4.79 Å². The van der Waals surface area contributed by atoms with Gasteiger partial charge in [-0.05, 0) is 18.2 Å². The summed E-state index contributed by atoms with van der Waals surface area (Å²) in [5.74, 6) is 0.434. The molecule has 0 atom stereocenters. The molecular formula is C10H10BrNO2. The molecule has 1 aromatic rings. The zero-order valence-corrected chi connectivity index (χ0v) is 9.30. The standard InChI is InChI=1S/C10H10BrNO2/c1-3-10(13)12-8-4-7(11)5-9(6-8)14-2/h3-6H,1H2,2H3,(H,12,13). The summed E-state index contributed by atoms with van der Waals surface area (Å²) in [4.78, 5) is 11.0. The molecule has 1 aromatic carbocycles. The fourth-order valence-electron chi connectivity index (χ4n) is 0.946. The summed E-state index contributed by atoms with van der Waals surface area (Å²) in [6.45, 7) is 3.37. The number of methoxy groups -OCH3 is 1. The van der Waals surface area contributed by atoms with Gasteiger partial charge in [0.05, 0.1) is 7.11 Å². The molecule has 74 valence electrons. The summed E-state index contributed by atoms with van der Waals surface area (Å²) >= 11 is 3.31. The lowest BCUT2D eigenvalue weighted by Crippen LogP contribution is -2.07. The number of anilines is 1. The van der Waals surface area contributed by atoms with Crippen molar-refractivity contribution in [2.24, 2.45) is 0 Å². The van der Waals surface area contributed by atoms with Gasteiger partial charge in [-0.1, -0.05) is 22.5 Å². The molecule has 0 aliphatic rings. The van der Waals surface area contributed by atoms with E-state index < -0.39 is 0 Å². The average molecular weight is 256 g/mol. The van der Waals surface area contributed by atoms with Gasteiger partial charge in [-0.15, -0.1) is 0 Å². The van der Waals surface area contributed by atoms with E-state index in [1.807, 2.05) is 6.07 Å². The van der Waals surface area contributed by atoms with Crippen molar-refractivity contribution in [3.8, 4) is 5.75 Å². The van der Waals surface area contributed by atoms with E-state index in [0.29, 0.717) is 11.4 Å². The van der Waals surface area contributed by atoms with Gasteiger partial charge in [-0.3, -0.25) is 4.79 Å². The van der Waals surface area contributed by atoms with Gasteiger partial charge in [0.1, 0.15) is 5.75 Å². The van der Waals surface area contributed by atoms with Gasteiger partial charge in [0.15, 0.2) is 0 Å². The molecule has 0 bridgehead atoms. The van der Waals surface area contributed by atoms with Crippen LogP contribution in [-0.4, -0.2) is 13.0 Å². The SMILES string of the molecule is C=CC(=O)Nc1cc(Br)cc(OC)c1. The fraction of sp³-hybridized carbons (Fsp3) is 0.100. The highest BCUT2D eigenvalue weighted by atomic mass is 79.9. The van der Waals surface area contributed by atoms with Crippen LogP contribution >= 0.6 is 15.9 Å². The number of carbonyl (C=O) groups is 1. The summed E-state index contributed by atoms with van der Waals surface area (Å²) in [7, 11) is 1.57. The van der Waals surface area contributed by atoms with Crippen molar-refractivity contribution in [2.45, 2.75) is 0 Å². The Labute approximate surface area is 90.9 Å². The van der Waals surface area contributed by atoms with Gasteiger partial charge in [0, 0.05) is 16.2 Å². The quantitative estimate of drug-likeness (QED) is 0.844. The molecule has 0 aliphatic carbocycles. The highest BCUT2D eigenvalue weighted by Crippen LogP contribution is 2.24. The number of ether oxygens (including phenoxy) is 1. The molecule has 0 unspecified atom stereocenters. The number of rotatable bonds is 3. The highest BCUT2D eigenvalue weighted by molar-refractivity contribution is 9.10. The molecule has 0 spiro atoms. The van der Waals surface area contributed by atoms with Crippen LogP contribution < -0.4 is 10.1 Å². The summed E-state index contributed by atoms with van der Waals surface area (Å²) in [6.07, 6.45) is 1.22.